The van der Waals surface area contributed by atoms with Crippen LogP contribution in [0.3, 0.4) is 0 Å². The fraction of sp³-hybridized carbons (Fsp3) is 0.324. The van der Waals surface area contributed by atoms with Crippen LogP contribution in [-0.2, 0) is 9.53 Å². The standard InChI is InChI=1S/C34H38N4O6S/c1-10-44-33(40)29-20(3)35-34-38(30(29)23-16-26(41-7)31(43-9)27(17-23)42-8)32(39)28(45-34)18-22-15-19(2)37(21(22)4)25-13-11-24(12-14-25)36(5)6/h11-18,30H,10H2,1-9H3/b28-18+/t30-/m0/s1. The van der Waals surface area contributed by atoms with Crippen LogP contribution < -0.4 is 34.0 Å². The minimum atomic E-state index is -0.834. The van der Waals surface area contributed by atoms with Crippen LogP contribution in [0.5, 0.6) is 17.2 Å². The number of hydrogen-bond acceptors (Lipinski definition) is 9. The first-order valence-corrected chi connectivity index (χ1v) is 15.3. The van der Waals surface area contributed by atoms with Crippen LogP contribution in [0.15, 0.2) is 63.5 Å². The van der Waals surface area contributed by atoms with Gasteiger partial charge in [0.05, 0.1) is 49.8 Å². The maximum atomic E-state index is 14.2. The van der Waals surface area contributed by atoms with Crippen molar-refractivity contribution >= 4 is 29.1 Å². The van der Waals surface area contributed by atoms with Gasteiger partial charge in [0.1, 0.15) is 0 Å². The SMILES string of the molecule is CCOC(=O)C1=C(C)N=c2s/c(=C/c3cc(C)n(-c4ccc(N(C)C)cc4)c3C)c(=O)n2[C@H]1c1cc(OC)c(OC)c(OC)c1. The number of methoxy groups -OCH3 is 3. The van der Waals surface area contributed by atoms with E-state index in [1.54, 1.807) is 30.5 Å². The van der Waals surface area contributed by atoms with Crippen LogP contribution in [0, 0.1) is 13.8 Å². The average Bonchev–Trinajstić information content (AvgIpc) is 3.48. The van der Waals surface area contributed by atoms with Crippen LogP contribution in [0.4, 0.5) is 5.69 Å². The third-order valence-corrected chi connectivity index (χ3v) is 8.88. The summed E-state index contributed by atoms with van der Waals surface area (Å²) in [5.74, 6) is 0.660. The van der Waals surface area contributed by atoms with Gasteiger partial charge in [0.25, 0.3) is 5.56 Å². The molecule has 0 aliphatic carbocycles. The first-order valence-electron chi connectivity index (χ1n) is 14.5. The van der Waals surface area contributed by atoms with E-state index in [0.29, 0.717) is 37.8 Å². The number of allylic oxidation sites excluding steroid dienone is 1. The first-order chi connectivity index (χ1) is 21.5. The highest BCUT2D eigenvalue weighted by Gasteiger charge is 2.34. The Morgan fingerprint density at radius 1 is 1.00 bits per heavy atom. The average molecular weight is 631 g/mol. The minimum Gasteiger partial charge on any atom is -0.493 e. The number of carbonyl (C=O) groups is 1. The Bertz CT molecular complexity index is 1960. The van der Waals surface area contributed by atoms with Crippen molar-refractivity contribution in [1.82, 2.24) is 9.13 Å². The molecule has 10 nitrogen and oxygen atoms in total. The molecule has 0 radical (unpaired) electrons. The summed E-state index contributed by atoms with van der Waals surface area (Å²) in [7, 11) is 8.59. The molecule has 11 heteroatoms. The van der Waals surface area contributed by atoms with E-state index in [1.807, 2.05) is 34.0 Å². The zero-order valence-electron chi connectivity index (χ0n) is 27.0. The summed E-state index contributed by atoms with van der Waals surface area (Å²) < 4.78 is 26.4. The van der Waals surface area contributed by atoms with E-state index in [2.05, 4.69) is 39.8 Å². The van der Waals surface area contributed by atoms with E-state index in [9.17, 15) is 9.59 Å². The highest BCUT2D eigenvalue weighted by molar-refractivity contribution is 7.07. The van der Waals surface area contributed by atoms with Crippen molar-refractivity contribution in [2.45, 2.75) is 33.7 Å². The molecule has 1 aliphatic rings. The molecule has 5 rings (SSSR count). The third kappa shape index (κ3) is 5.64. The van der Waals surface area contributed by atoms with Gasteiger partial charge in [0.2, 0.25) is 5.75 Å². The van der Waals surface area contributed by atoms with Crippen LogP contribution in [0.2, 0.25) is 0 Å². The second-order valence-corrected chi connectivity index (χ2v) is 11.8. The maximum absolute atomic E-state index is 14.2. The van der Waals surface area contributed by atoms with Gasteiger partial charge in [-0.25, -0.2) is 9.79 Å². The number of carbonyl (C=O) groups excluding carboxylic acids is 1. The van der Waals surface area contributed by atoms with Crippen molar-refractivity contribution in [3.63, 3.8) is 0 Å². The van der Waals surface area contributed by atoms with Gasteiger partial charge in [-0.05, 0) is 87.4 Å². The van der Waals surface area contributed by atoms with Gasteiger partial charge in [0, 0.05) is 36.9 Å². The fourth-order valence-electron chi connectivity index (χ4n) is 5.74. The third-order valence-electron chi connectivity index (χ3n) is 7.90. The summed E-state index contributed by atoms with van der Waals surface area (Å²) in [5, 5.41) is 0. The minimum absolute atomic E-state index is 0.176. The number of rotatable bonds is 9. The summed E-state index contributed by atoms with van der Waals surface area (Å²) in [4.78, 5) is 34.9. The van der Waals surface area contributed by atoms with Crippen LogP contribution in [0.25, 0.3) is 11.8 Å². The van der Waals surface area contributed by atoms with Gasteiger partial charge < -0.3 is 28.4 Å². The number of ether oxygens (including phenoxy) is 4. The van der Waals surface area contributed by atoms with Gasteiger partial charge in [-0.15, -0.1) is 0 Å². The van der Waals surface area contributed by atoms with Crippen molar-refractivity contribution in [2.24, 2.45) is 4.99 Å². The molecular weight excluding hydrogens is 592 g/mol. The monoisotopic (exact) mass is 630 g/mol. The number of fused-ring (bicyclic) bond motifs is 1. The molecule has 0 saturated heterocycles. The van der Waals surface area contributed by atoms with E-state index in [4.69, 9.17) is 23.9 Å². The summed E-state index contributed by atoms with van der Waals surface area (Å²) in [6.45, 7) is 7.76. The van der Waals surface area contributed by atoms with Crippen LogP contribution in [0.1, 0.15) is 42.4 Å². The molecule has 1 atom stereocenters. The zero-order chi connectivity index (χ0) is 32.6. The zero-order valence-corrected chi connectivity index (χ0v) is 27.9. The van der Waals surface area contributed by atoms with Crippen molar-refractivity contribution in [1.29, 1.82) is 0 Å². The lowest BCUT2D eigenvalue weighted by Gasteiger charge is -2.26. The smallest absolute Gasteiger partial charge is 0.338 e. The van der Waals surface area contributed by atoms with Crippen molar-refractivity contribution in [3.8, 4) is 22.9 Å². The second-order valence-electron chi connectivity index (χ2n) is 10.8. The lowest BCUT2D eigenvalue weighted by molar-refractivity contribution is -0.139. The maximum Gasteiger partial charge on any atom is 0.338 e. The largest absolute Gasteiger partial charge is 0.493 e. The van der Waals surface area contributed by atoms with E-state index in [0.717, 1.165) is 28.3 Å². The van der Waals surface area contributed by atoms with Gasteiger partial charge in [-0.2, -0.15) is 0 Å². The Kier molecular flexibility index (Phi) is 8.92. The molecule has 0 N–H and O–H groups in total. The Hall–Kier alpha value is -4.77. The molecule has 0 unspecified atom stereocenters. The van der Waals surface area contributed by atoms with Crippen LogP contribution >= 0.6 is 11.3 Å². The Balaban J connectivity index is 1.70. The lowest BCUT2D eigenvalue weighted by Crippen LogP contribution is -2.40. The summed E-state index contributed by atoms with van der Waals surface area (Å²) >= 11 is 1.28. The van der Waals surface area contributed by atoms with Gasteiger partial charge in [0.15, 0.2) is 16.3 Å². The van der Waals surface area contributed by atoms with E-state index in [-0.39, 0.29) is 17.7 Å². The molecule has 0 spiro atoms. The molecule has 0 bridgehead atoms. The topological polar surface area (TPSA) is 96.5 Å². The molecule has 1 aliphatic heterocycles. The first kappa shape index (κ1) is 31.6. The molecule has 0 amide bonds. The number of esters is 1. The van der Waals surface area contributed by atoms with Crippen molar-refractivity contribution in [3.05, 3.63) is 95.9 Å². The predicted octanol–water partition coefficient (Wildman–Crippen LogP) is 4.30. The Morgan fingerprint density at radius 2 is 1.64 bits per heavy atom. The summed E-state index contributed by atoms with van der Waals surface area (Å²) in [5.41, 5.74) is 6.17. The number of thiazole rings is 1. The molecule has 3 heterocycles. The number of aromatic nitrogens is 2. The van der Waals surface area contributed by atoms with E-state index < -0.39 is 12.0 Å². The second kappa shape index (κ2) is 12.7. The van der Waals surface area contributed by atoms with E-state index >= 15 is 0 Å². The molecule has 2 aromatic heterocycles. The molecule has 0 saturated carbocycles. The molecule has 2 aromatic carbocycles. The fourth-order valence-corrected chi connectivity index (χ4v) is 6.78. The quantitative estimate of drug-likeness (QED) is 0.255. The van der Waals surface area contributed by atoms with Crippen molar-refractivity contribution in [2.75, 3.05) is 46.9 Å². The molecule has 4 aromatic rings. The number of aryl methyl sites for hydroxylation is 1. The number of nitrogens with zero attached hydrogens (tertiary/aromatic N) is 4. The highest BCUT2D eigenvalue weighted by Crippen LogP contribution is 2.42. The molecular formula is C34H38N4O6S. The molecule has 236 valence electrons. The highest BCUT2D eigenvalue weighted by atomic mass is 32.1. The normalized spacial score (nSPS) is 14.6. The van der Waals surface area contributed by atoms with Gasteiger partial charge >= 0.3 is 5.97 Å². The summed E-state index contributed by atoms with van der Waals surface area (Å²) in [6.07, 6.45) is 1.90. The number of hydrogen-bond donors (Lipinski definition) is 0. The Labute approximate surface area is 266 Å². The van der Waals surface area contributed by atoms with Crippen molar-refractivity contribution < 1.29 is 23.7 Å². The van der Waals surface area contributed by atoms with Gasteiger partial charge in [-0.1, -0.05) is 11.3 Å². The Morgan fingerprint density at radius 3 is 2.20 bits per heavy atom. The number of benzene rings is 2. The number of anilines is 1. The molecule has 45 heavy (non-hydrogen) atoms. The van der Waals surface area contributed by atoms with E-state index in [1.165, 1.54) is 32.7 Å². The molecule has 0 fully saturated rings. The van der Waals surface area contributed by atoms with Gasteiger partial charge in [-0.3, -0.25) is 9.36 Å². The lowest BCUT2D eigenvalue weighted by atomic mass is 9.95. The van der Waals surface area contributed by atoms with Crippen LogP contribution in [-0.4, -0.2) is 57.1 Å². The predicted molar refractivity (Wildman–Crippen MR) is 176 cm³/mol. The summed E-state index contributed by atoms with van der Waals surface area (Å²) in [6, 6.07) is 13.1.